The summed E-state index contributed by atoms with van der Waals surface area (Å²) in [5.41, 5.74) is 0.802. The minimum Gasteiger partial charge on any atom is -0.297 e. The fourth-order valence-corrected chi connectivity index (χ4v) is 3.16. The molecule has 0 aliphatic carbocycles. The first-order valence-electron chi connectivity index (χ1n) is 6.34. The van der Waals surface area contributed by atoms with Crippen LogP contribution in [0.15, 0.2) is 22.4 Å². The van der Waals surface area contributed by atoms with Gasteiger partial charge in [-0.25, -0.2) is 4.98 Å². The molecule has 0 radical (unpaired) electrons. The van der Waals surface area contributed by atoms with Gasteiger partial charge >= 0.3 is 0 Å². The van der Waals surface area contributed by atoms with Crippen molar-refractivity contribution < 1.29 is 0 Å². The number of hydrogen-bond acceptors (Lipinski definition) is 5. The van der Waals surface area contributed by atoms with Gasteiger partial charge in [0.1, 0.15) is 0 Å². The molecular formula is C13H14N4OS. The highest BCUT2D eigenvalue weighted by Crippen LogP contribution is 2.17. The lowest BCUT2D eigenvalue weighted by molar-refractivity contribution is 0.196. The van der Waals surface area contributed by atoms with E-state index in [4.69, 9.17) is 5.26 Å². The van der Waals surface area contributed by atoms with Gasteiger partial charge in [0.05, 0.1) is 11.8 Å². The van der Waals surface area contributed by atoms with Gasteiger partial charge in [0.25, 0.3) is 5.56 Å². The molecule has 2 aromatic heterocycles. The summed E-state index contributed by atoms with van der Waals surface area (Å²) in [4.78, 5) is 19.4. The molecule has 1 saturated heterocycles. The van der Waals surface area contributed by atoms with Crippen LogP contribution in [-0.2, 0) is 6.54 Å². The van der Waals surface area contributed by atoms with Crippen LogP contribution in [0.5, 0.6) is 0 Å². The highest BCUT2D eigenvalue weighted by atomic mass is 32.1. The lowest BCUT2D eigenvalue weighted by atomic mass is 9.98. The number of rotatable bonds is 2. The van der Waals surface area contributed by atoms with E-state index < -0.39 is 0 Å². The molecule has 2 aromatic rings. The lowest BCUT2D eigenvalue weighted by Crippen LogP contribution is -2.33. The van der Waals surface area contributed by atoms with E-state index in [1.165, 1.54) is 11.3 Å². The maximum Gasteiger partial charge on any atom is 0.258 e. The van der Waals surface area contributed by atoms with E-state index in [0.717, 1.165) is 36.6 Å². The van der Waals surface area contributed by atoms with Gasteiger partial charge in [0.2, 0.25) is 0 Å². The average molecular weight is 274 g/mol. The molecule has 0 unspecified atom stereocenters. The van der Waals surface area contributed by atoms with Crippen molar-refractivity contribution >= 4 is 16.3 Å². The maximum atomic E-state index is 11.9. The summed E-state index contributed by atoms with van der Waals surface area (Å²) >= 11 is 1.47. The van der Waals surface area contributed by atoms with Gasteiger partial charge in [-0.2, -0.15) is 5.26 Å². The second-order valence-electron chi connectivity index (χ2n) is 4.82. The Balaban J connectivity index is 1.75. The zero-order valence-electron chi connectivity index (χ0n) is 10.5. The summed E-state index contributed by atoms with van der Waals surface area (Å²) in [7, 11) is 0. The Morgan fingerprint density at radius 2 is 2.26 bits per heavy atom. The number of hydrogen-bond donors (Lipinski definition) is 0. The van der Waals surface area contributed by atoms with Gasteiger partial charge in [-0.05, 0) is 25.9 Å². The summed E-state index contributed by atoms with van der Waals surface area (Å²) in [5.74, 6) is 0.189. The number of likely N-dealkylation sites (tertiary alicyclic amines) is 1. The van der Waals surface area contributed by atoms with Crippen LogP contribution in [0.2, 0.25) is 0 Å². The number of nitrogens with zero attached hydrogens (tertiary/aromatic N) is 4. The molecule has 0 atom stereocenters. The molecule has 5 nitrogen and oxygen atoms in total. The van der Waals surface area contributed by atoms with Crippen LogP contribution < -0.4 is 5.56 Å². The van der Waals surface area contributed by atoms with E-state index in [1.54, 1.807) is 16.7 Å². The molecule has 1 fully saturated rings. The monoisotopic (exact) mass is 274 g/mol. The van der Waals surface area contributed by atoms with E-state index in [9.17, 15) is 4.79 Å². The molecule has 0 saturated carbocycles. The van der Waals surface area contributed by atoms with Crippen molar-refractivity contribution in [2.24, 2.45) is 5.92 Å². The molecule has 0 amide bonds. The molecule has 6 heteroatoms. The topological polar surface area (TPSA) is 61.4 Å². The normalized spacial score (nSPS) is 17.6. The molecular weight excluding hydrogens is 260 g/mol. The Kier molecular flexibility index (Phi) is 3.32. The number of piperidine rings is 1. The van der Waals surface area contributed by atoms with Crippen molar-refractivity contribution in [2.45, 2.75) is 19.4 Å². The third-order valence-corrected chi connectivity index (χ3v) is 4.27. The molecule has 0 bridgehead atoms. The molecule has 0 N–H and O–H groups in total. The summed E-state index contributed by atoms with van der Waals surface area (Å²) in [6, 6.07) is 3.93. The van der Waals surface area contributed by atoms with Crippen molar-refractivity contribution in [3.8, 4) is 6.07 Å². The van der Waals surface area contributed by atoms with Crippen molar-refractivity contribution in [1.29, 1.82) is 5.26 Å². The summed E-state index contributed by atoms with van der Waals surface area (Å²) in [6.45, 7) is 2.51. The molecule has 0 spiro atoms. The van der Waals surface area contributed by atoms with E-state index >= 15 is 0 Å². The largest absolute Gasteiger partial charge is 0.297 e. The Morgan fingerprint density at radius 3 is 3.00 bits per heavy atom. The fraction of sp³-hybridized carbons (Fsp3) is 0.462. The quantitative estimate of drug-likeness (QED) is 0.832. The average Bonchev–Trinajstić information content (AvgIpc) is 2.88. The van der Waals surface area contributed by atoms with Crippen LogP contribution >= 0.6 is 11.3 Å². The number of thiazole rings is 1. The predicted molar refractivity (Wildman–Crippen MR) is 73.0 cm³/mol. The minimum absolute atomic E-state index is 0.0202. The summed E-state index contributed by atoms with van der Waals surface area (Å²) in [6.07, 6.45) is 3.57. The standard InChI is InChI=1S/C13H14N4OS/c14-8-10-1-3-16(4-2-10)9-11-7-12(18)17-5-6-19-13(17)15-11/h5-7,10H,1-4,9H2. The fourth-order valence-electron chi connectivity index (χ4n) is 2.42. The highest BCUT2D eigenvalue weighted by Gasteiger charge is 2.19. The van der Waals surface area contributed by atoms with E-state index in [-0.39, 0.29) is 11.5 Å². The first-order chi connectivity index (χ1) is 9.26. The van der Waals surface area contributed by atoms with E-state index in [1.807, 2.05) is 5.38 Å². The first-order valence-corrected chi connectivity index (χ1v) is 7.22. The Labute approximate surface area is 114 Å². The second-order valence-corrected chi connectivity index (χ2v) is 5.69. The first kappa shape index (κ1) is 12.3. The van der Waals surface area contributed by atoms with Crippen molar-refractivity contribution in [3.05, 3.63) is 33.7 Å². The predicted octanol–water partition coefficient (Wildman–Crippen LogP) is 1.49. The molecule has 1 aliphatic heterocycles. The van der Waals surface area contributed by atoms with Crippen LogP contribution in [-0.4, -0.2) is 27.4 Å². The number of fused-ring (bicyclic) bond motifs is 1. The van der Waals surface area contributed by atoms with Gasteiger partial charge in [-0.1, -0.05) is 0 Å². The SMILES string of the molecule is N#CC1CCN(Cc2cc(=O)n3ccsc3n2)CC1. The van der Waals surface area contributed by atoms with Crippen LogP contribution in [0.25, 0.3) is 4.96 Å². The van der Waals surface area contributed by atoms with Crippen LogP contribution in [0.3, 0.4) is 0 Å². The Hall–Kier alpha value is -1.71. The molecule has 3 heterocycles. The number of aromatic nitrogens is 2. The van der Waals surface area contributed by atoms with E-state index in [2.05, 4.69) is 16.0 Å². The smallest absolute Gasteiger partial charge is 0.258 e. The zero-order valence-corrected chi connectivity index (χ0v) is 11.3. The highest BCUT2D eigenvalue weighted by molar-refractivity contribution is 7.15. The van der Waals surface area contributed by atoms with Gasteiger partial charge in [-0.15, -0.1) is 11.3 Å². The summed E-state index contributed by atoms with van der Waals surface area (Å²) < 4.78 is 1.57. The van der Waals surface area contributed by atoms with Crippen molar-refractivity contribution in [2.75, 3.05) is 13.1 Å². The lowest BCUT2D eigenvalue weighted by Gasteiger charge is -2.28. The molecule has 3 rings (SSSR count). The molecule has 98 valence electrons. The van der Waals surface area contributed by atoms with Crippen molar-refractivity contribution in [1.82, 2.24) is 14.3 Å². The van der Waals surface area contributed by atoms with Crippen LogP contribution in [0.4, 0.5) is 0 Å². The van der Waals surface area contributed by atoms with Gasteiger partial charge in [0, 0.05) is 30.1 Å². The van der Waals surface area contributed by atoms with E-state index in [0.29, 0.717) is 6.54 Å². The molecule has 19 heavy (non-hydrogen) atoms. The maximum absolute atomic E-state index is 11.9. The zero-order chi connectivity index (χ0) is 13.2. The minimum atomic E-state index is -0.0202. The molecule has 0 aromatic carbocycles. The number of nitriles is 1. The second kappa shape index (κ2) is 5.11. The van der Waals surface area contributed by atoms with Gasteiger partial charge in [0.15, 0.2) is 4.96 Å². The third-order valence-electron chi connectivity index (χ3n) is 3.51. The van der Waals surface area contributed by atoms with Crippen molar-refractivity contribution in [3.63, 3.8) is 0 Å². The molecule has 1 aliphatic rings. The van der Waals surface area contributed by atoms with Gasteiger partial charge < -0.3 is 0 Å². The Morgan fingerprint density at radius 1 is 1.47 bits per heavy atom. The third kappa shape index (κ3) is 2.53. The van der Waals surface area contributed by atoms with Crippen LogP contribution in [0.1, 0.15) is 18.5 Å². The van der Waals surface area contributed by atoms with Gasteiger partial charge in [-0.3, -0.25) is 14.1 Å². The summed E-state index contributed by atoms with van der Waals surface area (Å²) in [5, 5.41) is 10.7. The van der Waals surface area contributed by atoms with Crippen LogP contribution in [0, 0.1) is 17.2 Å². The Bertz CT molecular complexity index is 676.